The Labute approximate surface area is 180 Å². The van der Waals surface area contributed by atoms with Crippen molar-refractivity contribution in [1.29, 1.82) is 0 Å². The number of ketones is 1. The molecule has 0 radical (unpaired) electrons. The highest BCUT2D eigenvalue weighted by atomic mass is 35.5. The molecule has 1 amide bonds. The maximum Gasteiger partial charge on any atom is 0.300 e. The van der Waals surface area contributed by atoms with Gasteiger partial charge in [-0.25, -0.2) is 8.78 Å². The van der Waals surface area contributed by atoms with Crippen LogP contribution >= 0.6 is 11.6 Å². The first kappa shape index (κ1) is 20.6. The summed E-state index contributed by atoms with van der Waals surface area (Å²) < 4.78 is 28.0. The van der Waals surface area contributed by atoms with Crippen molar-refractivity contribution in [3.05, 3.63) is 100 Å². The van der Waals surface area contributed by atoms with E-state index in [2.05, 4.69) is 0 Å². The third kappa shape index (κ3) is 3.64. The number of amides is 1. The number of rotatable bonds is 3. The van der Waals surface area contributed by atoms with Crippen LogP contribution in [0.4, 0.5) is 14.5 Å². The average molecular weight is 442 g/mol. The molecule has 3 aromatic carbocycles. The number of nitrogens with zero attached hydrogens (tertiary/aromatic N) is 1. The van der Waals surface area contributed by atoms with Gasteiger partial charge in [0, 0.05) is 16.7 Å². The van der Waals surface area contributed by atoms with Crippen LogP contribution in [0, 0.1) is 11.6 Å². The molecular formula is C23H14ClF2NO4. The number of hydrogen-bond donors (Lipinski definition) is 2. The molecular weight excluding hydrogens is 428 g/mol. The molecule has 5 nitrogen and oxygen atoms in total. The molecule has 0 bridgehead atoms. The second kappa shape index (κ2) is 7.85. The van der Waals surface area contributed by atoms with E-state index in [1.54, 1.807) is 0 Å². The van der Waals surface area contributed by atoms with Crippen molar-refractivity contribution in [3.63, 3.8) is 0 Å². The fraction of sp³-hybridized carbons (Fsp3) is 0.0435. The van der Waals surface area contributed by atoms with Crippen LogP contribution in [0.15, 0.2) is 72.3 Å². The van der Waals surface area contributed by atoms with Gasteiger partial charge in [0.15, 0.2) is 0 Å². The molecule has 0 aromatic heterocycles. The van der Waals surface area contributed by atoms with Gasteiger partial charge in [0.2, 0.25) is 0 Å². The molecule has 1 atom stereocenters. The fourth-order valence-electron chi connectivity index (χ4n) is 3.53. The number of aliphatic hydroxyl groups is 1. The predicted octanol–water partition coefficient (Wildman–Crippen LogP) is 4.95. The minimum atomic E-state index is -1.26. The van der Waals surface area contributed by atoms with Crippen molar-refractivity contribution in [2.24, 2.45) is 0 Å². The van der Waals surface area contributed by atoms with Crippen LogP contribution in [0.1, 0.15) is 17.2 Å². The predicted molar refractivity (Wildman–Crippen MR) is 111 cm³/mol. The quantitative estimate of drug-likeness (QED) is 0.342. The van der Waals surface area contributed by atoms with E-state index in [-0.39, 0.29) is 28.1 Å². The maximum atomic E-state index is 14.6. The number of benzene rings is 3. The molecule has 1 fully saturated rings. The summed E-state index contributed by atoms with van der Waals surface area (Å²) >= 11 is 5.88. The lowest BCUT2D eigenvalue weighted by molar-refractivity contribution is -0.132. The number of carbonyl (C=O) groups excluding carboxylic acids is 2. The van der Waals surface area contributed by atoms with Gasteiger partial charge in [-0.3, -0.25) is 14.5 Å². The van der Waals surface area contributed by atoms with Crippen LogP contribution in [0.25, 0.3) is 5.76 Å². The van der Waals surface area contributed by atoms with Crippen molar-refractivity contribution in [2.45, 2.75) is 6.04 Å². The number of phenols is 1. The summed E-state index contributed by atoms with van der Waals surface area (Å²) in [7, 11) is 0. The number of halogens is 3. The Hall–Kier alpha value is -3.71. The van der Waals surface area contributed by atoms with Gasteiger partial charge in [0.05, 0.1) is 17.3 Å². The van der Waals surface area contributed by atoms with Gasteiger partial charge in [0.1, 0.15) is 23.1 Å². The molecule has 1 aliphatic rings. The molecule has 4 rings (SSSR count). The summed E-state index contributed by atoms with van der Waals surface area (Å²) in [5, 5.41) is 21.2. The number of aliphatic hydroxyl groups excluding tert-OH is 1. The van der Waals surface area contributed by atoms with Crippen LogP contribution in [0.2, 0.25) is 5.02 Å². The summed E-state index contributed by atoms with van der Waals surface area (Å²) in [6.07, 6.45) is 0. The summed E-state index contributed by atoms with van der Waals surface area (Å²) in [6.45, 7) is 0. The number of aromatic hydroxyl groups is 1. The molecule has 1 unspecified atom stereocenters. The van der Waals surface area contributed by atoms with E-state index in [9.17, 15) is 28.6 Å². The molecule has 1 aliphatic heterocycles. The van der Waals surface area contributed by atoms with Crippen molar-refractivity contribution in [1.82, 2.24) is 0 Å². The summed E-state index contributed by atoms with van der Waals surface area (Å²) in [5.74, 6) is -4.71. The first-order chi connectivity index (χ1) is 14.8. The Morgan fingerprint density at radius 3 is 2.32 bits per heavy atom. The van der Waals surface area contributed by atoms with Gasteiger partial charge >= 0.3 is 0 Å². The van der Waals surface area contributed by atoms with Gasteiger partial charge in [0.25, 0.3) is 11.7 Å². The maximum absolute atomic E-state index is 14.6. The van der Waals surface area contributed by atoms with Crippen LogP contribution < -0.4 is 4.90 Å². The number of hydrogen-bond acceptors (Lipinski definition) is 4. The SMILES string of the molecule is O=C1C(=O)N(c2ccc(F)cc2F)C(c2cccc(O)c2)/C1=C(\O)c1ccc(Cl)cc1. The Balaban J connectivity index is 1.98. The highest BCUT2D eigenvalue weighted by Crippen LogP contribution is 2.43. The normalized spacial score (nSPS) is 17.9. The number of Topliss-reactive ketones (excluding diaryl/α,β-unsaturated/α-hetero) is 1. The summed E-state index contributed by atoms with van der Waals surface area (Å²) in [4.78, 5) is 26.7. The zero-order valence-corrected chi connectivity index (χ0v) is 16.5. The molecule has 1 saturated heterocycles. The highest BCUT2D eigenvalue weighted by Gasteiger charge is 2.47. The monoisotopic (exact) mass is 441 g/mol. The average Bonchev–Trinajstić information content (AvgIpc) is 2.99. The fourth-order valence-corrected chi connectivity index (χ4v) is 3.66. The van der Waals surface area contributed by atoms with Gasteiger partial charge < -0.3 is 10.2 Å². The third-order valence-corrected chi connectivity index (χ3v) is 5.17. The minimum absolute atomic E-state index is 0.158. The minimum Gasteiger partial charge on any atom is -0.508 e. The number of phenolic OH excluding ortho intramolecular Hbond substituents is 1. The summed E-state index contributed by atoms with van der Waals surface area (Å²) in [6, 6.07) is 12.9. The molecule has 3 aromatic rings. The zero-order chi connectivity index (χ0) is 22.3. The number of carbonyl (C=O) groups is 2. The molecule has 8 heteroatoms. The van der Waals surface area contributed by atoms with Crippen LogP contribution in [-0.4, -0.2) is 21.9 Å². The van der Waals surface area contributed by atoms with Crippen LogP contribution in [0.5, 0.6) is 5.75 Å². The van der Waals surface area contributed by atoms with Crippen molar-refractivity contribution >= 4 is 34.7 Å². The largest absolute Gasteiger partial charge is 0.508 e. The standard InChI is InChI=1S/C23H14ClF2NO4/c24-14-6-4-12(5-7-14)21(29)19-20(13-2-1-3-16(28)10-13)27(23(31)22(19)30)18-9-8-15(25)11-17(18)26/h1-11,20,28-29H/b21-19+. The van der Waals surface area contributed by atoms with E-state index in [1.165, 1.54) is 48.5 Å². The van der Waals surface area contributed by atoms with Gasteiger partial charge in [-0.2, -0.15) is 0 Å². The van der Waals surface area contributed by atoms with E-state index < -0.39 is 35.1 Å². The second-order valence-corrected chi connectivity index (χ2v) is 7.30. The smallest absolute Gasteiger partial charge is 0.300 e. The Morgan fingerprint density at radius 2 is 1.68 bits per heavy atom. The Kier molecular flexibility index (Phi) is 5.20. The van der Waals surface area contributed by atoms with Gasteiger partial charge in [-0.05, 0) is 54.1 Å². The molecule has 2 N–H and O–H groups in total. The Bertz CT molecular complexity index is 1240. The second-order valence-electron chi connectivity index (χ2n) is 6.87. The van der Waals surface area contributed by atoms with E-state index >= 15 is 0 Å². The molecule has 156 valence electrons. The van der Waals surface area contributed by atoms with Crippen LogP contribution in [-0.2, 0) is 9.59 Å². The molecule has 0 saturated carbocycles. The molecule has 0 spiro atoms. The lowest BCUT2D eigenvalue weighted by Gasteiger charge is -2.25. The first-order valence-corrected chi connectivity index (χ1v) is 9.46. The third-order valence-electron chi connectivity index (χ3n) is 4.92. The number of anilines is 1. The van der Waals surface area contributed by atoms with Crippen molar-refractivity contribution < 1.29 is 28.6 Å². The van der Waals surface area contributed by atoms with E-state index in [0.717, 1.165) is 17.0 Å². The highest BCUT2D eigenvalue weighted by molar-refractivity contribution is 6.51. The molecule has 31 heavy (non-hydrogen) atoms. The van der Waals surface area contributed by atoms with Gasteiger partial charge in [-0.15, -0.1) is 0 Å². The van der Waals surface area contributed by atoms with Crippen molar-refractivity contribution in [2.75, 3.05) is 4.90 Å². The molecule has 1 heterocycles. The molecule has 0 aliphatic carbocycles. The topological polar surface area (TPSA) is 77.8 Å². The summed E-state index contributed by atoms with van der Waals surface area (Å²) in [5.41, 5.74) is -0.181. The lowest BCUT2D eigenvalue weighted by Crippen LogP contribution is -2.30. The van der Waals surface area contributed by atoms with Gasteiger partial charge in [-0.1, -0.05) is 23.7 Å². The van der Waals surface area contributed by atoms with Crippen molar-refractivity contribution in [3.8, 4) is 5.75 Å². The van der Waals surface area contributed by atoms with E-state index in [0.29, 0.717) is 11.1 Å². The van der Waals surface area contributed by atoms with Crippen LogP contribution in [0.3, 0.4) is 0 Å². The van der Waals surface area contributed by atoms with E-state index in [1.807, 2.05) is 0 Å². The Morgan fingerprint density at radius 1 is 0.968 bits per heavy atom. The van der Waals surface area contributed by atoms with E-state index in [4.69, 9.17) is 11.6 Å². The lowest BCUT2D eigenvalue weighted by atomic mass is 9.95. The zero-order valence-electron chi connectivity index (χ0n) is 15.7. The first-order valence-electron chi connectivity index (χ1n) is 9.09.